The van der Waals surface area contributed by atoms with Gasteiger partial charge in [-0.2, -0.15) is 10.2 Å². The molecular weight excluding hydrogens is 420 g/mol. The van der Waals surface area contributed by atoms with Crippen molar-refractivity contribution in [3.8, 4) is 11.3 Å². The summed E-state index contributed by atoms with van der Waals surface area (Å²) in [6, 6.07) is 12.0. The van der Waals surface area contributed by atoms with E-state index in [0.29, 0.717) is 31.9 Å². The Kier molecular flexibility index (Phi) is 5.88. The molecule has 1 amide bonds. The summed E-state index contributed by atoms with van der Waals surface area (Å²) in [5, 5.41) is 9.25. The first-order valence-corrected chi connectivity index (χ1v) is 11.6. The molecule has 9 heteroatoms. The zero-order valence-corrected chi connectivity index (χ0v) is 19.2. The Morgan fingerprint density at radius 1 is 1.15 bits per heavy atom. The number of benzene rings is 1. The molecule has 33 heavy (non-hydrogen) atoms. The van der Waals surface area contributed by atoms with Crippen molar-refractivity contribution in [2.75, 3.05) is 26.8 Å². The van der Waals surface area contributed by atoms with Crippen LogP contribution in [0.25, 0.3) is 11.3 Å². The monoisotopic (exact) mass is 450 g/mol. The fourth-order valence-corrected chi connectivity index (χ4v) is 4.67. The van der Waals surface area contributed by atoms with Gasteiger partial charge in [-0.25, -0.2) is 9.48 Å². The summed E-state index contributed by atoms with van der Waals surface area (Å²) in [5.41, 5.74) is 2.28. The highest BCUT2D eigenvalue weighted by Crippen LogP contribution is 2.37. The zero-order valence-electron chi connectivity index (χ0n) is 19.2. The van der Waals surface area contributed by atoms with Crippen LogP contribution in [0.5, 0.6) is 0 Å². The van der Waals surface area contributed by atoms with Crippen LogP contribution in [0.3, 0.4) is 0 Å². The molecule has 1 aliphatic carbocycles. The Bertz CT molecular complexity index is 1190. The molecule has 5 rings (SSSR count). The molecule has 2 fully saturated rings. The average Bonchev–Trinajstić information content (AvgIpc) is 3.52. The molecule has 0 N–H and O–H groups in total. The second-order valence-electron chi connectivity index (χ2n) is 8.95. The van der Waals surface area contributed by atoms with Crippen LogP contribution in [0.4, 0.5) is 0 Å². The molecule has 174 valence electrons. The van der Waals surface area contributed by atoms with E-state index in [1.807, 2.05) is 52.9 Å². The highest BCUT2D eigenvalue weighted by Gasteiger charge is 2.35. The summed E-state index contributed by atoms with van der Waals surface area (Å²) in [6.07, 6.45) is 3.81. The van der Waals surface area contributed by atoms with E-state index in [9.17, 15) is 9.59 Å². The SMILES string of the molecule is COCCn1nc(C2CCCN(C(=O)c3cc(-c4ccccc4)nn3C)C2)n(C2CC2)c1=O. The van der Waals surface area contributed by atoms with Gasteiger partial charge in [0.25, 0.3) is 5.91 Å². The van der Waals surface area contributed by atoms with Gasteiger partial charge in [-0.1, -0.05) is 30.3 Å². The number of amides is 1. The van der Waals surface area contributed by atoms with E-state index in [0.717, 1.165) is 42.8 Å². The van der Waals surface area contributed by atoms with Crippen LogP contribution < -0.4 is 5.69 Å². The van der Waals surface area contributed by atoms with Crippen molar-refractivity contribution in [2.45, 2.75) is 44.2 Å². The number of aromatic nitrogens is 5. The Morgan fingerprint density at radius 3 is 2.67 bits per heavy atom. The van der Waals surface area contributed by atoms with Gasteiger partial charge < -0.3 is 9.64 Å². The smallest absolute Gasteiger partial charge is 0.346 e. The second kappa shape index (κ2) is 8.97. The molecule has 1 saturated carbocycles. The van der Waals surface area contributed by atoms with Crippen LogP contribution in [0.1, 0.15) is 54.0 Å². The van der Waals surface area contributed by atoms with Crippen LogP contribution in [0, 0.1) is 0 Å². The zero-order chi connectivity index (χ0) is 22.9. The molecule has 0 radical (unpaired) electrons. The van der Waals surface area contributed by atoms with Crippen LogP contribution in [0.2, 0.25) is 0 Å². The normalized spacial score (nSPS) is 18.6. The maximum atomic E-state index is 13.4. The lowest BCUT2D eigenvalue weighted by Gasteiger charge is -2.32. The number of aryl methyl sites for hydroxylation is 1. The molecule has 9 nitrogen and oxygen atoms in total. The largest absolute Gasteiger partial charge is 0.383 e. The predicted molar refractivity (Wildman–Crippen MR) is 123 cm³/mol. The summed E-state index contributed by atoms with van der Waals surface area (Å²) >= 11 is 0. The minimum absolute atomic E-state index is 0.0315. The first-order valence-electron chi connectivity index (χ1n) is 11.6. The minimum atomic E-state index is -0.0628. The van der Waals surface area contributed by atoms with Crippen molar-refractivity contribution in [3.05, 3.63) is 58.4 Å². The lowest BCUT2D eigenvalue weighted by Crippen LogP contribution is -2.40. The van der Waals surface area contributed by atoms with Crippen molar-refractivity contribution in [3.63, 3.8) is 0 Å². The Morgan fingerprint density at radius 2 is 1.94 bits per heavy atom. The van der Waals surface area contributed by atoms with Crippen LogP contribution >= 0.6 is 0 Å². The van der Waals surface area contributed by atoms with Crippen LogP contribution in [-0.4, -0.2) is 61.7 Å². The molecule has 1 atom stereocenters. The maximum absolute atomic E-state index is 13.4. The highest BCUT2D eigenvalue weighted by atomic mass is 16.5. The molecule has 1 aromatic carbocycles. The minimum Gasteiger partial charge on any atom is -0.383 e. The quantitative estimate of drug-likeness (QED) is 0.552. The number of likely N-dealkylation sites (tertiary alicyclic amines) is 1. The Balaban J connectivity index is 1.38. The number of nitrogens with zero attached hydrogens (tertiary/aromatic N) is 6. The number of carbonyl (C=O) groups is 1. The van der Waals surface area contributed by atoms with Crippen molar-refractivity contribution in [1.82, 2.24) is 29.0 Å². The van der Waals surface area contributed by atoms with E-state index in [4.69, 9.17) is 9.84 Å². The number of methoxy groups -OCH3 is 1. The third-order valence-corrected chi connectivity index (χ3v) is 6.56. The van der Waals surface area contributed by atoms with E-state index >= 15 is 0 Å². The third-order valence-electron chi connectivity index (χ3n) is 6.56. The van der Waals surface area contributed by atoms with Crippen molar-refractivity contribution in [2.24, 2.45) is 7.05 Å². The van der Waals surface area contributed by atoms with Gasteiger partial charge in [0.2, 0.25) is 0 Å². The van der Waals surface area contributed by atoms with E-state index in [2.05, 4.69) is 5.10 Å². The highest BCUT2D eigenvalue weighted by molar-refractivity contribution is 5.93. The first-order chi connectivity index (χ1) is 16.1. The summed E-state index contributed by atoms with van der Waals surface area (Å²) in [4.78, 5) is 28.3. The van der Waals surface area contributed by atoms with Gasteiger partial charge in [0.1, 0.15) is 11.5 Å². The average molecular weight is 451 g/mol. The number of hydrogen-bond donors (Lipinski definition) is 0. The molecule has 1 saturated heterocycles. The van der Waals surface area contributed by atoms with Crippen molar-refractivity contribution >= 4 is 5.91 Å². The van der Waals surface area contributed by atoms with Crippen molar-refractivity contribution in [1.29, 1.82) is 0 Å². The van der Waals surface area contributed by atoms with Crippen LogP contribution in [0.15, 0.2) is 41.2 Å². The molecular formula is C24H30N6O3. The molecule has 1 aliphatic heterocycles. The molecule has 0 bridgehead atoms. The van der Waals surface area contributed by atoms with E-state index in [-0.39, 0.29) is 23.6 Å². The van der Waals surface area contributed by atoms with Gasteiger partial charge >= 0.3 is 5.69 Å². The number of ether oxygens (including phenoxy) is 1. The van der Waals surface area contributed by atoms with Gasteiger partial charge in [0.05, 0.1) is 18.8 Å². The molecule has 0 spiro atoms. The van der Waals surface area contributed by atoms with Gasteiger partial charge in [-0.05, 0) is 31.7 Å². The standard InChI is InChI=1S/C24H30N6O3/c1-27-21(15-20(25-27)17-7-4-3-5-8-17)23(31)28-12-6-9-18(16-28)22-26-29(13-14-33-2)24(32)30(22)19-10-11-19/h3-5,7-8,15,18-19H,6,9-14,16H2,1-2H3. The van der Waals surface area contributed by atoms with E-state index < -0.39 is 0 Å². The topological polar surface area (TPSA) is 87.2 Å². The van der Waals surface area contributed by atoms with Crippen LogP contribution in [-0.2, 0) is 18.3 Å². The lowest BCUT2D eigenvalue weighted by atomic mass is 9.96. The number of piperidine rings is 1. The third kappa shape index (κ3) is 4.25. The van der Waals surface area contributed by atoms with Gasteiger partial charge in [-0.3, -0.25) is 14.0 Å². The first kappa shape index (κ1) is 21.6. The summed E-state index contributed by atoms with van der Waals surface area (Å²) in [5.74, 6) is 0.823. The van der Waals surface area contributed by atoms with Gasteiger partial charge in [0, 0.05) is 44.8 Å². The van der Waals surface area contributed by atoms with Gasteiger partial charge in [-0.15, -0.1) is 0 Å². The molecule has 2 aromatic heterocycles. The Labute approximate surface area is 192 Å². The summed E-state index contributed by atoms with van der Waals surface area (Å²) in [6.45, 7) is 2.13. The number of carbonyl (C=O) groups excluding carboxylic acids is 1. The molecule has 1 unspecified atom stereocenters. The Hall–Kier alpha value is -3.20. The lowest BCUT2D eigenvalue weighted by molar-refractivity contribution is 0.0692. The predicted octanol–water partition coefficient (Wildman–Crippen LogP) is 2.45. The molecule has 2 aliphatic rings. The molecule has 3 heterocycles. The number of hydrogen-bond acceptors (Lipinski definition) is 5. The second-order valence-corrected chi connectivity index (χ2v) is 8.95. The maximum Gasteiger partial charge on any atom is 0.346 e. The molecule has 3 aromatic rings. The summed E-state index contributed by atoms with van der Waals surface area (Å²) < 4.78 is 10.2. The van der Waals surface area contributed by atoms with Gasteiger partial charge in [0.15, 0.2) is 0 Å². The van der Waals surface area contributed by atoms with E-state index in [1.165, 1.54) is 4.68 Å². The summed E-state index contributed by atoms with van der Waals surface area (Å²) in [7, 11) is 3.43. The van der Waals surface area contributed by atoms with Crippen molar-refractivity contribution < 1.29 is 9.53 Å². The fraction of sp³-hybridized carbons (Fsp3) is 0.500. The van der Waals surface area contributed by atoms with E-state index in [1.54, 1.807) is 11.8 Å². The number of rotatable bonds is 7. The fourth-order valence-electron chi connectivity index (χ4n) is 4.67.